The lowest BCUT2D eigenvalue weighted by Crippen LogP contribution is -2.30. The highest BCUT2D eigenvalue weighted by Crippen LogP contribution is 2.28. The van der Waals surface area contributed by atoms with Gasteiger partial charge < -0.3 is 0 Å². The topological polar surface area (TPSA) is 38.0 Å². The van der Waals surface area contributed by atoms with Crippen LogP contribution in [-0.2, 0) is 6.42 Å². The summed E-state index contributed by atoms with van der Waals surface area (Å²) in [6, 6.07) is 13.1. The molecule has 1 unspecified atom stereocenters. The Balaban J connectivity index is 2.29. The lowest BCUT2D eigenvalue weighted by molar-refractivity contribution is 0.542. The Morgan fingerprint density at radius 2 is 2.00 bits per heavy atom. The van der Waals surface area contributed by atoms with Crippen molar-refractivity contribution in [1.29, 1.82) is 0 Å². The van der Waals surface area contributed by atoms with Gasteiger partial charge in [0.2, 0.25) is 0 Å². The van der Waals surface area contributed by atoms with Gasteiger partial charge in [-0.1, -0.05) is 24.3 Å². The molecule has 0 bridgehead atoms. The third-order valence-electron chi connectivity index (χ3n) is 3.44. The molecule has 2 aromatic carbocycles. The number of halogens is 1. The Morgan fingerprint density at radius 1 is 1.25 bits per heavy atom. The lowest BCUT2D eigenvalue weighted by atomic mass is 9.96. The highest BCUT2D eigenvalue weighted by atomic mass is 32.2. The second-order valence-corrected chi connectivity index (χ2v) is 5.58. The minimum absolute atomic E-state index is 0.0165. The van der Waals surface area contributed by atoms with Crippen LogP contribution in [0, 0.1) is 12.7 Å². The molecule has 1 atom stereocenters. The molecule has 0 spiro atoms. The zero-order valence-corrected chi connectivity index (χ0v) is 12.5. The molecule has 0 fully saturated rings. The summed E-state index contributed by atoms with van der Waals surface area (Å²) < 4.78 is 13.2. The van der Waals surface area contributed by atoms with Gasteiger partial charge in [0, 0.05) is 4.90 Å². The van der Waals surface area contributed by atoms with E-state index in [-0.39, 0.29) is 11.9 Å². The van der Waals surface area contributed by atoms with E-state index in [0.717, 1.165) is 17.5 Å². The number of nitrogens with two attached hydrogens (primary N) is 1. The summed E-state index contributed by atoms with van der Waals surface area (Å²) in [5.74, 6) is 5.52. The molecule has 0 radical (unpaired) electrons. The van der Waals surface area contributed by atoms with Gasteiger partial charge in [-0.15, -0.1) is 11.8 Å². The van der Waals surface area contributed by atoms with Crippen LogP contribution in [0.2, 0.25) is 0 Å². The summed E-state index contributed by atoms with van der Waals surface area (Å²) in [6.07, 6.45) is 2.79. The van der Waals surface area contributed by atoms with Crippen LogP contribution in [0.25, 0.3) is 0 Å². The van der Waals surface area contributed by atoms with E-state index in [1.54, 1.807) is 17.8 Å². The number of benzene rings is 2. The van der Waals surface area contributed by atoms with E-state index in [4.69, 9.17) is 5.84 Å². The molecular weight excluding hydrogens is 271 g/mol. The van der Waals surface area contributed by atoms with Crippen LogP contribution in [0.3, 0.4) is 0 Å². The Labute approximate surface area is 123 Å². The SMILES string of the molecule is CSc1ccccc1C(Cc1ccc(F)cc1C)NN. The zero-order valence-electron chi connectivity index (χ0n) is 11.7. The van der Waals surface area contributed by atoms with Crippen molar-refractivity contribution in [2.75, 3.05) is 6.26 Å². The van der Waals surface area contributed by atoms with Crippen molar-refractivity contribution in [2.24, 2.45) is 5.84 Å². The van der Waals surface area contributed by atoms with E-state index in [1.807, 2.05) is 25.1 Å². The van der Waals surface area contributed by atoms with Crippen LogP contribution in [0.4, 0.5) is 4.39 Å². The summed E-state index contributed by atoms with van der Waals surface area (Å²) in [4.78, 5) is 1.20. The normalized spacial score (nSPS) is 12.4. The van der Waals surface area contributed by atoms with Crippen molar-refractivity contribution in [1.82, 2.24) is 5.43 Å². The number of nitrogens with one attached hydrogen (secondary N) is 1. The third-order valence-corrected chi connectivity index (χ3v) is 4.26. The highest BCUT2D eigenvalue weighted by molar-refractivity contribution is 7.98. The summed E-state index contributed by atoms with van der Waals surface area (Å²) in [7, 11) is 0. The molecule has 106 valence electrons. The van der Waals surface area contributed by atoms with Gasteiger partial charge in [0.15, 0.2) is 0 Å². The van der Waals surface area contributed by atoms with Gasteiger partial charge >= 0.3 is 0 Å². The Kier molecular flexibility index (Phi) is 5.17. The number of rotatable bonds is 5. The van der Waals surface area contributed by atoms with Crippen LogP contribution in [0.1, 0.15) is 22.7 Å². The Bertz CT molecular complexity index is 586. The largest absolute Gasteiger partial charge is 0.271 e. The number of hydrogen-bond donors (Lipinski definition) is 2. The first-order chi connectivity index (χ1) is 9.65. The average Bonchev–Trinajstić information content (AvgIpc) is 2.46. The van der Waals surface area contributed by atoms with Crippen LogP contribution in [0.5, 0.6) is 0 Å². The number of hydrogen-bond acceptors (Lipinski definition) is 3. The average molecular weight is 290 g/mol. The molecule has 0 heterocycles. The van der Waals surface area contributed by atoms with Crippen LogP contribution >= 0.6 is 11.8 Å². The van der Waals surface area contributed by atoms with Gasteiger partial charge in [-0.05, 0) is 54.5 Å². The maximum atomic E-state index is 13.2. The van der Waals surface area contributed by atoms with Gasteiger partial charge in [-0.25, -0.2) is 4.39 Å². The summed E-state index contributed by atoms with van der Waals surface area (Å²) in [5, 5.41) is 0. The number of thioether (sulfide) groups is 1. The predicted octanol–water partition coefficient (Wildman–Crippen LogP) is 3.60. The van der Waals surface area contributed by atoms with Crippen molar-refractivity contribution in [2.45, 2.75) is 24.3 Å². The maximum Gasteiger partial charge on any atom is 0.123 e. The fourth-order valence-corrected chi connectivity index (χ4v) is 2.98. The molecule has 0 amide bonds. The van der Waals surface area contributed by atoms with Gasteiger partial charge in [0.05, 0.1) is 6.04 Å². The molecule has 0 aromatic heterocycles. The predicted molar refractivity (Wildman–Crippen MR) is 83.1 cm³/mol. The minimum Gasteiger partial charge on any atom is -0.271 e. The first-order valence-electron chi connectivity index (χ1n) is 6.49. The van der Waals surface area contributed by atoms with Gasteiger partial charge in [-0.3, -0.25) is 11.3 Å². The van der Waals surface area contributed by atoms with Crippen molar-refractivity contribution in [3.63, 3.8) is 0 Å². The molecule has 0 aliphatic heterocycles. The maximum absolute atomic E-state index is 13.2. The molecule has 0 saturated heterocycles. The molecule has 3 N–H and O–H groups in total. The molecule has 2 nitrogen and oxygen atoms in total. The molecule has 2 aromatic rings. The molecule has 0 aliphatic carbocycles. The number of hydrazine groups is 1. The van der Waals surface area contributed by atoms with E-state index < -0.39 is 0 Å². The first-order valence-corrected chi connectivity index (χ1v) is 7.72. The Morgan fingerprint density at radius 3 is 2.65 bits per heavy atom. The summed E-state index contributed by atoms with van der Waals surface area (Å²) in [6.45, 7) is 1.92. The second-order valence-electron chi connectivity index (χ2n) is 4.74. The van der Waals surface area contributed by atoms with E-state index >= 15 is 0 Å². The monoisotopic (exact) mass is 290 g/mol. The summed E-state index contributed by atoms with van der Waals surface area (Å²) in [5.41, 5.74) is 6.10. The first kappa shape index (κ1) is 15.0. The Hall–Kier alpha value is -1.36. The molecule has 20 heavy (non-hydrogen) atoms. The summed E-state index contributed by atoms with van der Waals surface area (Å²) >= 11 is 1.70. The quantitative estimate of drug-likeness (QED) is 0.502. The fourth-order valence-electron chi connectivity index (χ4n) is 2.32. The van der Waals surface area contributed by atoms with Crippen molar-refractivity contribution in [3.05, 3.63) is 65.0 Å². The fraction of sp³-hybridized carbons (Fsp3) is 0.250. The zero-order chi connectivity index (χ0) is 14.5. The highest BCUT2D eigenvalue weighted by Gasteiger charge is 2.15. The van der Waals surface area contributed by atoms with Crippen molar-refractivity contribution < 1.29 is 4.39 Å². The molecule has 0 saturated carbocycles. The van der Waals surface area contributed by atoms with Crippen LogP contribution in [0.15, 0.2) is 47.4 Å². The van der Waals surface area contributed by atoms with Crippen LogP contribution < -0.4 is 11.3 Å². The minimum atomic E-state index is -0.201. The second kappa shape index (κ2) is 6.88. The standard InChI is InChI=1S/C16H19FN2S/c1-11-9-13(17)8-7-12(11)10-15(19-18)14-5-3-4-6-16(14)20-2/h3-9,15,19H,10,18H2,1-2H3. The third kappa shape index (κ3) is 3.39. The molecule has 2 rings (SSSR count). The van der Waals surface area contributed by atoms with E-state index in [0.29, 0.717) is 0 Å². The van der Waals surface area contributed by atoms with Crippen molar-refractivity contribution >= 4 is 11.8 Å². The van der Waals surface area contributed by atoms with Gasteiger partial charge in [-0.2, -0.15) is 0 Å². The van der Waals surface area contributed by atoms with Gasteiger partial charge in [0.25, 0.3) is 0 Å². The van der Waals surface area contributed by atoms with Crippen molar-refractivity contribution in [3.8, 4) is 0 Å². The van der Waals surface area contributed by atoms with E-state index in [9.17, 15) is 4.39 Å². The number of aryl methyl sites for hydroxylation is 1. The van der Waals surface area contributed by atoms with Gasteiger partial charge in [0.1, 0.15) is 5.82 Å². The smallest absolute Gasteiger partial charge is 0.123 e. The lowest BCUT2D eigenvalue weighted by Gasteiger charge is -2.20. The molecular formula is C16H19FN2S. The molecule has 0 aliphatic rings. The van der Waals surface area contributed by atoms with Crippen LogP contribution in [-0.4, -0.2) is 6.26 Å². The van der Waals surface area contributed by atoms with E-state index in [2.05, 4.69) is 23.8 Å². The molecule has 4 heteroatoms. The van der Waals surface area contributed by atoms with E-state index in [1.165, 1.54) is 16.5 Å².